The van der Waals surface area contributed by atoms with E-state index in [1.165, 1.54) is 0 Å². The third-order valence-corrected chi connectivity index (χ3v) is 8.11. The molecule has 8 heteroatoms. The summed E-state index contributed by atoms with van der Waals surface area (Å²) >= 11 is 0. The van der Waals surface area contributed by atoms with Gasteiger partial charge in [0, 0.05) is 37.4 Å². The molecule has 0 bridgehead atoms. The molecule has 1 aromatic carbocycles. The number of benzene rings is 1. The van der Waals surface area contributed by atoms with Crippen molar-refractivity contribution in [1.29, 1.82) is 0 Å². The van der Waals surface area contributed by atoms with Crippen LogP contribution >= 0.6 is 0 Å². The van der Waals surface area contributed by atoms with E-state index in [4.69, 9.17) is 15.2 Å². The number of anilines is 1. The molecule has 3 fully saturated rings. The predicted octanol–water partition coefficient (Wildman–Crippen LogP) is 5.01. The van der Waals surface area contributed by atoms with Crippen molar-refractivity contribution in [3.8, 4) is 16.9 Å². The van der Waals surface area contributed by atoms with E-state index in [0.717, 1.165) is 66.7 Å². The topological polar surface area (TPSA) is 78.4 Å². The second kappa shape index (κ2) is 9.30. The molecular weight excluding hydrogens is 457 g/mol. The largest absolute Gasteiger partial charge is 0.491 e. The highest BCUT2D eigenvalue weighted by atomic mass is 19.1. The van der Waals surface area contributed by atoms with Crippen molar-refractivity contribution < 1.29 is 13.9 Å². The number of ether oxygens (including phenoxy) is 2. The molecule has 4 heterocycles. The highest BCUT2D eigenvalue weighted by Crippen LogP contribution is 2.43. The fraction of sp³-hybridized carbons (Fsp3) is 0.571. The summed E-state index contributed by atoms with van der Waals surface area (Å²) in [5, 5.41) is 0.888. The molecular formula is C28H36FN5O2. The van der Waals surface area contributed by atoms with E-state index in [-0.39, 0.29) is 11.7 Å². The molecule has 2 aromatic heterocycles. The van der Waals surface area contributed by atoms with Gasteiger partial charge in [-0.2, -0.15) is 0 Å². The van der Waals surface area contributed by atoms with Gasteiger partial charge >= 0.3 is 0 Å². The van der Waals surface area contributed by atoms with Crippen molar-refractivity contribution in [3.63, 3.8) is 0 Å². The Morgan fingerprint density at radius 2 is 2.08 bits per heavy atom. The van der Waals surface area contributed by atoms with Crippen LogP contribution in [0.2, 0.25) is 0 Å². The third kappa shape index (κ3) is 4.68. The van der Waals surface area contributed by atoms with Crippen LogP contribution in [0.4, 0.5) is 10.2 Å². The molecule has 7 nitrogen and oxygen atoms in total. The minimum absolute atomic E-state index is 0.0695. The van der Waals surface area contributed by atoms with Crippen molar-refractivity contribution in [2.45, 2.75) is 69.9 Å². The van der Waals surface area contributed by atoms with Crippen LogP contribution in [0.5, 0.6) is 5.75 Å². The van der Waals surface area contributed by atoms with Crippen LogP contribution in [0.25, 0.3) is 22.2 Å². The minimum Gasteiger partial charge on any atom is -0.491 e. The zero-order valence-electron chi connectivity index (χ0n) is 21.2. The molecule has 3 aromatic rings. The highest BCUT2D eigenvalue weighted by molar-refractivity contribution is 6.00. The normalized spacial score (nSPS) is 28.0. The van der Waals surface area contributed by atoms with Crippen molar-refractivity contribution in [2.24, 2.45) is 5.92 Å². The van der Waals surface area contributed by atoms with Gasteiger partial charge < -0.3 is 24.7 Å². The average Bonchev–Trinajstić information content (AvgIpc) is 3.52. The number of likely N-dealkylation sites (tertiary alicyclic amines) is 1. The summed E-state index contributed by atoms with van der Waals surface area (Å²) in [4.78, 5) is 11.2. The van der Waals surface area contributed by atoms with Gasteiger partial charge in [0.25, 0.3) is 0 Å². The molecule has 6 rings (SSSR count). The SMILES string of the molecule is CC1(C)CCC(COc2cccc(-c3cn([C@H]4C[C@@H](CN5CC[C@H](F)C5)C4)c4ncnc(N)c34)c2)O1. The molecule has 0 amide bonds. The van der Waals surface area contributed by atoms with Crippen molar-refractivity contribution in [1.82, 2.24) is 19.4 Å². The van der Waals surface area contributed by atoms with Crippen LogP contribution in [0.1, 0.15) is 52.0 Å². The summed E-state index contributed by atoms with van der Waals surface area (Å²) in [6, 6.07) is 8.51. The molecule has 2 N–H and O–H groups in total. The monoisotopic (exact) mass is 493 g/mol. The molecule has 0 radical (unpaired) electrons. The van der Waals surface area contributed by atoms with E-state index in [0.29, 0.717) is 37.4 Å². The number of fused-ring (bicyclic) bond motifs is 1. The number of aromatic nitrogens is 3. The van der Waals surface area contributed by atoms with Crippen LogP contribution in [-0.2, 0) is 4.74 Å². The summed E-state index contributed by atoms with van der Waals surface area (Å²) < 4.78 is 28.0. The summed E-state index contributed by atoms with van der Waals surface area (Å²) in [5.74, 6) is 1.90. The lowest BCUT2D eigenvalue weighted by molar-refractivity contribution is -0.0326. The smallest absolute Gasteiger partial charge is 0.146 e. The molecule has 1 saturated carbocycles. The lowest BCUT2D eigenvalue weighted by Crippen LogP contribution is -2.36. The minimum atomic E-state index is -0.659. The maximum Gasteiger partial charge on any atom is 0.146 e. The van der Waals surface area contributed by atoms with Gasteiger partial charge in [0.2, 0.25) is 0 Å². The highest BCUT2D eigenvalue weighted by Gasteiger charge is 2.35. The van der Waals surface area contributed by atoms with Crippen LogP contribution in [0, 0.1) is 5.92 Å². The van der Waals surface area contributed by atoms with Crippen LogP contribution in [0.3, 0.4) is 0 Å². The van der Waals surface area contributed by atoms with Gasteiger partial charge in [-0.1, -0.05) is 12.1 Å². The quantitative estimate of drug-likeness (QED) is 0.498. The maximum atomic E-state index is 13.6. The first-order valence-electron chi connectivity index (χ1n) is 13.2. The number of halogens is 1. The summed E-state index contributed by atoms with van der Waals surface area (Å²) in [7, 11) is 0. The molecule has 2 saturated heterocycles. The Balaban J connectivity index is 1.20. The van der Waals surface area contributed by atoms with E-state index in [2.05, 4.69) is 51.6 Å². The molecule has 3 aliphatic rings. The maximum absolute atomic E-state index is 13.6. The lowest BCUT2D eigenvalue weighted by atomic mass is 9.79. The number of nitrogen functional groups attached to an aromatic ring is 1. The van der Waals surface area contributed by atoms with Gasteiger partial charge in [0.05, 0.1) is 17.1 Å². The number of hydrogen-bond acceptors (Lipinski definition) is 6. The van der Waals surface area contributed by atoms with Gasteiger partial charge in [0.1, 0.15) is 36.3 Å². The van der Waals surface area contributed by atoms with Crippen molar-refractivity contribution in [3.05, 3.63) is 36.8 Å². The fourth-order valence-corrected chi connectivity index (χ4v) is 6.14. The lowest BCUT2D eigenvalue weighted by Gasteiger charge is -2.38. The van der Waals surface area contributed by atoms with Gasteiger partial charge in [-0.05, 0) is 69.6 Å². The molecule has 1 unspecified atom stereocenters. The Morgan fingerprint density at radius 3 is 2.83 bits per heavy atom. The Bertz CT molecular complexity index is 1240. The zero-order chi connectivity index (χ0) is 24.9. The molecule has 36 heavy (non-hydrogen) atoms. The van der Waals surface area contributed by atoms with Gasteiger partial charge in [-0.25, -0.2) is 14.4 Å². The third-order valence-electron chi connectivity index (χ3n) is 8.11. The number of nitrogens with zero attached hydrogens (tertiary/aromatic N) is 4. The Labute approximate surface area is 211 Å². The number of hydrogen-bond donors (Lipinski definition) is 1. The van der Waals surface area contributed by atoms with E-state index < -0.39 is 6.17 Å². The van der Waals surface area contributed by atoms with E-state index >= 15 is 0 Å². The summed E-state index contributed by atoms with van der Waals surface area (Å²) in [6.07, 6.45) is 8.06. The molecule has 2 aliphatic heterocycles. The Hall–Kier alpha value is -2.71. The second-order valence-electron chi connectivity index (χ2n) is 11.4. The average molecular weight is 494 g/mol. The molecule has 192 valence electrons. The van der Waals surface area contributed by atoms with Gasteiger partial charge in [-0.15, -0.1) is 0 Å². The van der Waals surface area contributed by atoms with Crippen molar-refractivity contribution >= 4 is 16.9 Å². The predicted molar refractivity (Wildman–Crippen MR) is 139 cm³/mol. The van der Waals surface area contributed by atoms with Crippen LogP contribution < -0.4 is 10.5 Å². The number of alkyl halides is 1. The standard InChI is InChI=1S/C28H36FN5O2/c1-28(2)8-6-23(36-28)16-35-22-5-3-4-19(12-22)24-15-34(27-25(24)26(30)31-17-32-27)21-10-18(11-21)13-33-9-7-20(29)14-33/h3-5,12,15,17-18,20-21,23H,6-11,13-14,16H2,1-2H3,(H2,30,31,32)/t18-,20-,21+,23?/m0/s1. The van der Waals surface area contributed by atoms with E-state index in [9.17, 15) is 4.39 Å². The van der Waals surface area contributed by atoms with Crippen LogP contribution in [0.15, 0.2) is 36.8 Å². The summed E-state index contributed by atoms with van der Waals surface area (Å²) in [6.45, 7) is 7.26. The first-order chi connectivity index (χ1) is 17.3. The van der Waals surface area contributed by atoms with Gasteiger partial charge in [-0.3, -0.25) is 0 Å². The van der Waals surface area contributed by atoms with E-state index in [1.807, 2.05) is 12.1 Å². The Morgan fingerprint density at radius 1 is 1.22 bits per heavy atom. The second-order valence-corrected chi connectivity index (χ2v) is 11.4. The molecule has 1 aliphatic carbocycles. The Kier molecular flexibility index (Phi) is 6.12. The zero-order valence-corrected chi connectivity index (χ0v) is 21.2. The van der Waals surface area contributed by atoms with Crippen molar-refractivity contribution in [2.75, 3.05) is 32.0 Å². The van der Waals surface area contributed by atoms with Gasteiger partial charge in [0.15, 0.2) is 0 Å². The van der Waals surface area contributed by atoms with E-state index in [1.54, 1.807) is 6.33 Å². The first kappa shape index (κ1) is 23.7. The number of rotatable bonds is 7. The molecule has 2 atom stereocenters. The fourth-order valence-electron chi connectivity index (χ4n) is 6.14. The first-order valence-corrected chi connectivity index (χ1v) is 13.2. The molecule has 0 spiro atoms. The van der Waals surface area contributed by atoms with Crippen LogP contribution in [-0.4, -0.2) is 63.6 Å². The number of nitrogens with two attached hydrogens (primary N) is 1. The summed E-state index contributed by atoms with van der Waals surface area (Å²) in [5.41, 5.74) is 9.23.